The molecule has 2 aromatic rings. The van der Waals surface area contributed by atoms with Crippen molar-refractivity contribution >= 4 is 38.5 Å². The van der Waals surface area contributed by atoms with Crippen LogP contribution in [0, 0.1) is 3.57 Å². The molecule has 1 atom stereocenters. The summed E-state index contributed by atoms with van der Waals surface area (Å²) in [5.74, 6) is 1.70. The van der Waals surface area contributed by atoms with Gasteiger partial charge in [-0.1, -0.05) is 28.9 Å². The van der Waals surface area contributed by atoms with Crippen molar-refractivity contribution in [3.8, 4) is 11.5 Å². The van der Waals surface area contributed by atoms with E-state index in [9.17, 15) is 0 Å². The predicted octanol–water partition coefficient (Wildman–Crippen LogP) is 5.91. The first-order valence-electron chi connectivity index (χ1n) is 7.06. The van der Waals surface area contributed by atoms with Gasteiger partial charge in [0.05, 0.1) is 0 Å². The van der Waals surface area contributed by atoms with Crippen LogP contribution in [0.25, 0.3) is 0 Å². The highest BCUT2D eigenvalue weighted by atomic mass is 127. The van der Waals surface area contributed by atoms with Crippen LogP contribution in [0.3, 0.4) is 0 Å². The fourth-order valence-electron chi connectivity index (χ4n) is 2.03. The van der Waals surface area contributed by atoms with Gasteiger partial charge in [-0.25, -0.2) is 0 Å². The van der Waals surface area contributed by atoms with E-state index >= 15 is 0 Å². The van der Waals surface area contributed by atoms with Crippen molar-refractivity contribution in [2.75, 3.05) is 6.54 Å². The Labute approximate surface area is 148 Å². The molecule has 21 heavy (non-hydrogen) atoms. The second-order valence-electron chi connectivity index (χ2n) is 4.92. The van der Waals surface area contributed by atoms with E-state index in [-0.39, 0.29) is 0 Å². The monoisotopic (exact) mass is 459 g/mol. The zero-order valence-corrected chi connectivity index (χ0v) is 15.9. The number of hydrogen-bond acceptors (Lipinski definition) is 2. The van der Waals surface area contributed by atoms with Crippen molar-refractivity contribution in [3.63, 3.8) is 0 Å². The summed E-state index contributed by atoms with van der Waals surface area (Å²) in [5, 5.41) is 3.49. The molecule has 1 N–H and O–H groups in total. The van der Waals surface area contributed by atoms with Crippen molar-refractivity contribution in [3.05, 3.63) is 56.1 Å². The van der Waals surface area contributed by atoms with Crippen LogP contribution in [0.15, 0.2) is 46.9 Å². The number of nitrogens with one attached hydrogen (secondary N) is 1. The van der Waals surface area contributed by atoms with Crippen LogP contribution in [-0.4, -0.2) is 6.54 Å². The first kappa shape index (κ1) is 16.8. The number of ether oxygens (including phenoxy) is 1. The molecule has 0 fully saturated rings. The Morgan fingerprint density at radius 1 is 1.14 bits per heavy atom. The van der Waals surface area contributed by atoms with Crippen LogP contribution in [0.2, 0.25) is 0 Å². The lowest BCUT2D eigenvalue weighted by Crippen LogP contribution is -2.19. The Morgan fingerprint density at radius 2 is 1.81 bits per heavy atom. The van der Waals surface area contributed by atoms with Gasteiger partial charge >= 0.3 is 0 Å². The first-order valence-corrected chi connectivity index (χ1v) is 8.93. The maximum absolute atomic E-state index is 5.88. The summed E-state index contributed by atoms with van der Waals surface area (Å²) in [6.07, 6.45) is 1.13. The molecule has 0 saturated carbocycles. The van der Waals surface area contributed by atoms with E-state index in [4.69, 9.17) is 4.74 Å². The Hall–Kier alpha value is -0.590. The molecule has 2 aromatic carbocycles. The van der Waals surface area contributed by atoms with Crippen LogP contribution in [-0.2, 0) is 0 Å². The number of rotatable bonds is 6. The van der Waals surface area contributed by atoms with Gasteiger partial charge in [-0.2, -0.15) is 0 Å². The highest BCUT2D eigenvalue weighted by Crippen LogP contribution is 2.30. The fourth-order valence-corrected chi connectivity index (χ4v) is 3.09. The molecule has 0 aliphatic rings. The largest absolute Gasteiger partial charge is 0.457 e. The summed E-state index contributed by atoms with van der Waals surface area (Å²) in [4.78, 5) is 0. The average molecular weight is 460 g/mol. The van der Waals surface area contributed by atoms with Gasteiger partial charge in [0.1, 0.15) is 11.5 Å². The van der Waals surface area contributed by atoms with Crippen molar-refractivity contribution in [2.45, 2.75) is 26.3 Å². The van der Waals surface area contributed by atoms with Gasteiger partial charge in [0.15, 0.2) is 0 Å². The Bertz CT molecular complexity index is 586. The second kappa shape index (κ2) is 8.15. The van der Waals surface area contributed by atoms with E-state index in [1.54, 1.807) is 0 Å². The third kappa shape index (κ3) is 4.97. The maximum atomic E-state index is 5.88. The standard InChI is InChI=1S/C17H19BrINO/c1-3-10-20-12(2)16-9-8-15(11-17(16)18)21-14-6-4-13(19)5-7-14/h4-9,11-12,20H,3,10H2,1-2H3. The van der Waals surface area contributed by atoms with Crippen LogP contribution < -0.4 is 10.1 Å². The van der Waals surface area contributed by atoms with E-state index in [2.05, 4.69) is 63.8 Å². The van der Waals surface area contributed by atoms with Crippen molar-refractivity contribution in [2.24, 2.45) is 0 Å². The van der Waals surface area contributed by atoms with Crippen molar-refractivity contribution in [1.82, 2.24) is 5.32 Å². The summed E-state index contributed by atoms with van der Waals surface area (Å²) in [6.45, 7) is 5.37. The van der Waals surface area contributed by atoms with E-state index in [0.29, 0.717) is 6.04 Å². The van der Waals surface area contributed by atoms with E-state index in [1.807, 2.05) is 36.4 Å². The highest BCUT2D eigenvalue weighted by Gasteiger charge is 2.09. The van der Waals surface area contributed by atoms with Gasteiger partial charge in [-0.15, -0.1) is 0 Å². The fraction of sp³-hybridized carbons (Fsp3) is 0.294. The van der Waals surface area contributed by atoms with Crippen LogP contribution in [0.4, 0.5) is 0 Å². The molecule has 0 saturated heterocycles. The summed E-state index contributed by atoms with van der Waals surface area (Å²) in [6, 6.07) is 14.5. The average Bonchev–Trinajstić information content (AvgIpc) is 2.47. The van der Waals surface area contributed by atoms with E-state index in [1.165, 1.54) is 9.13 Å². The SMILES string of the molecule is CCCNC(C)c1ccc(Oc2ccc(I)cc2)cc1Br. The summed E-state index contributed by atoms with van der Waals surface area (Å²) in [5.41, 5.74) is 1.25. The maximum Gasteiger partial charge on any atom is 0.128 e. The zero-order valence-electron chi connectivity index (χ0n) is 12.2. The molecule has 2 rings (SSSR count). The smallest absolute Gasteiger partial charge is 0.128 e. The molecule has 0 aliphatic carbocycles. The Morgan fingerprint density at radius 3 is 2.43 bits per heavy atom. The summed E-state index contributed by atoms with van der Waals surface area (Å²) >= 11 is 5.93. The third-order valence-electron chi connectivity index (χ3n) is 3.19. The number of hydrogen-bond donors (Lipinski definition) is 1. The lowest BCUT2D eigenvalue weighted by atomic mass is 10.1. The van der Waals surface area contributed by atoms with Gasteiger partial charge in [0.25, 0.3) is 0 Å². The van der Waals surface area contributed by atoms with Gasteiger partial charge in [0.2, 0.25) is 0 Å². The number of halogens is 2. The highest BCUT2D eigenvalue weighted by molar-refractivity contribution is 14.1. The lowest BCUT2D eigenvalue weighted by Gasteiger charge is -2.16. The van der Waals surface area contributed by atoms with Gasteiger partial charge in [0, 0.05) is 14.1 Å². The Kier molecular flexibility index (Phi) is 6.51. The summed E-state index contributed by atoms with van der Waals surface area (Å²) < 4.78 is 8.15. The molecule has 2 nitrogen and oxygen atoms in total. The molecular formula is C17H19BrINO. The molecule has 0 aromatic heterocycles. The molecule has 1 unspecified atom stereocenters. The Balaban J connectivity index is 2.09. The second-order valence-corrected chi connectivity index (χ2v) is 7.02. The van der Waals surface area contributed by atoms with Gasteiger partial charge < -0.3 is 10.1 Å². The molecule has 0 bridgehead atoms. The van der Waals surface area contributed by atoms with Crippen LogP contribution in [0.5, 0.6) is 11.5 Å². The minimum Gasteiger partial charge on any atom is -0.457 e. The van der Waals surface area contributed by atoms with Crippen molar-refractivity contribution in [1.29, 1.82) is 0 Å². The molecule has 4 heteroatoms. The van der Waals surface area contributed by atoms with Gasteiger partial charge in [-0.05, 0) is 84.4 Å². The minimum atomic E-state index is 0.326. The van der Waals surface area contributed by atoms with Crippen molar-refractivity contribution < 1.29 is 4.74 Å². The third-order valence-corrected chi connectivity index (χ3v) is 4.59. The quantitative estimate of drug-likeness (QED) is 0.542. The van der Waals surface area contributed by atoms with Crippen LogP contribution >= 0.6 is 38.5 Å². The van der Waals surface area contributed by atoms with E-state index < -0.39 is 0 Å². The lowest BCUT2D eigenvalue weighted by molar-refractivity contribution is 0.481. The molecular weight excluding hydrogens is 441 g/mol. The topological polar surface area (TPSA) is 21.3 Å². The molecule has 0 radical (unpaired) electrons. The molecule has 0 aliphatic heterocycles. The first-order chi connectivity index (χ1) is 10.1. The van der Waals surface area contributed by atoms with E-state index in [0.717, 1.165) is 28.9 Å². The molecule has 0 heterocycles. The predicted molar refractivity (Wildman–Crippen MR) is 100 cm³/mol. The minimum absolute atomic E-state index is 0.326. The number of benzene rings is 2. The summed E-state index contributed by atoms with van der Waals surface area (Å²) in [7, 11) is 0. The zero-order chi connectivity index (χ0) is 15.2. The van der Waals surface area contributed by atoms with Crippen LogP contribution in [0.1, 0.15) is 31.9 Å². The molecule has 112 valence electrons. The molecule has 0 amide bonds. The molecule has 0 spiro atoms. The van der Waals surface area contributed by atoms with Gasteiger partial charge in [-0.3, -0.25) is 0 Å². The normalized spacial score (nSPS) is 12.2.